The molecule has 0 saturated heterocycles. The highest BCUT2D eigenvalue weighted by Crippen LogP contribution is 2.26. The van der Waals surface area contributed by atoms with E-state index in [-0.39, 0.29) is 24.5 Å². The lowest BCUT2D eigenvalue weighted by molar-refractivity contribution is -0.137. The zero-order valence-electron chi connectivity index (χ0n) is 19.6. The number of hydrogen-bond acceptors (Lipinski definition) is 5. The molecular formula is C25H35N3O3. The van der Waals surface area contributed by atoms with Crippen molar-refractivity contribution >= 4 is 17.0 Å². The fourth-order valence-corrected chi connectivity index (χ4v) is 3.04. The summed E-state index contributed by atoms with van der Waals surface area (Å²) >= 11 is 0. The summed E-state index contributed by atoms with van der Waals surface area (Å²) in [6, 6.07) is 14.0. The van der Waals surface area contributed by atoms with Gasteiger partial charge < -0.3 is 9.15 Å². The maximum absolute atomic E-state index is 12.2. The number of hydrogen-bond donors (Lipinski definition) is 1. The molecule has 0 spiro atoms. The fraction of sp³-hybridized carbons (Fsp3) is 0.440. The van der Waals surface area contributed by atoms with Crippen LogP contribution in [0.15, 0.2) is 46.9 Å². The average molecular weight is 426 g/mol. The van der Waals surface area contributed by atoms with Gasteiger partial charge in [0.15, 0.2) is 5.58 Å². The molecule has 1 amide bonds. The quantitative estimate of drug-likeness (QED) is 0.322. The zero-order chi connectivity index (χ0) is 23.0. The van der Waals surface area contributed by atoms with Gasteiger partial charge in [0, 0.05) is 0 Å². The van der Waals surface area contributed by atoms with E-state index in [2.05, 4.69) is 44.8 Å². The van der Waals surface area contributed by atoms with Gasteiger partial charge >= 0.3 is 0 Å². The number of oxazole rings is 1. The number of fused-ring (bicyclic) bond motifs is 1. The van der Waals surface area contributed by atoms with Crippen molar-refractivity contribution < 1.29 is 13.9 Å². The van der Waals surface area contributed by atoms with Crippen molar-refractivity contribution in [3.8, 4) is 0 Å². The van der Waals surface area contributed by atoms with Gasteiger partial charge in [0.2, 0.25) is 5.89 Å². The zero-order valence-corrected chi connectivity index (χ0v) is 19.6. The number of ether oxygens (including phenoxy) is 1. The molecule has 31 heavy (non-hydrogen) atoms. The van der Waals surface area contributed by atoms with Gasteiger partial charge in [-0.15, -0.1) is 0 Å². The lowest BCUT2D eigenvalue weighted by Crippen LogP contribution is -2.39. The van der Waals surface area contributed by atoms with E-state index in [1.807, 2.05) is 44.2 Å². The summed E-state index contributed by atoms with van der Waals surface area (Å²) in [4.78, 5) is 16.7. The fourth-order valence-electron chi connectivity index (χ4n) is 3.04. The van der Waals surface area contributed by atoms with E-state index in [1.54, 1.807) is 0 Å². The topological polar surface area (TPSA) is 81.6 Å². The second kappa shape index (κ2) is 11.1. The molecule has 6 heteroatoms. The maximum atomic E-state index is 12.2. The molecule has 0 aliphatic rings. The van der Waals surface area contributed by atoms with Gasteiger partial charge in [0.05, 0.1) is 6.54 Å². The van der Waals surface area contributed by atoms with Crippen LogP contribution >= 0.6 is 0 Å². The van der Waals surface area contributed by atoms with Crippen LogP contribution in [-0.2, 0) is 34.5 Å². The first kappa shape index (κ1) is 24.6. The van der Waals surface area contributed by atoms with Crippen molar-refractivity contribution in [1.29, 1.82) is 0 Å². The van der Waals surface area contributed by atoms with Gasteiger partial charge in [0.25, 0.3) is 5.91 Å². The number of nitrogens with zero attached hydrogens (tertiary/aromatic N) is 2. The maximum Gasteiger partial charge on any atom is 0.262 e. The van der Waals surface area contributed by atoms with E-state index in [0.29, 0.717) is 18.0 Å². The first-order chi connectivity index (χ1) is 14.8. The Morgan fingerprint density at radius 2 is 1.84 bits per heavy atom. The number of carbonyl (C=O) groups excluding carboxylic acids is 1. The van der Waals surface area contributed by atoms with Gasteiger partial charge in [-0.05, 0) is 40.7 Å². The number of amides is 1. The Bertz CT molecular complexity index is 989. The molecule has 0 saturated carbocycles. The van der Waals surface area contributed by atoms with Crippen LogP contribution < -0.4 is 5.84 Å². The van der Waals surface area contributed by atoms with E-state index >= 15 is 0 Å². The van der Waals surface area contributed by atoms with Crippen LogP contribution in [0, 0.1) is 0 Å². The van der Waals surface area contributed by atoms with Crippen LogP contribution in [0.4, 0.5) is 0 Å². The van der Waals surface area contributed by atoms with Crippen LogP contribution in [0.25, 0.3) is 11.1 Å². The Morgan fingerprint density at radius 3 is 2.52 bits per heavy atom. The number of nitrogens with two attached hydrogens (primary N) is 1. The molecule has 0 fully saturated rings. The van der Waals surface area contributed by atoms with E-state index < -0.39 is 0 Å². The third kappa shape index (κ3) is 6.91. The molecule has 0 radical (unpaired) electrons. The van der Waals surface area contributed by atoms with E-state index in [1.165, 1.54) is 16.1 Å². The van der Waals surface area contributed by atoms with Crippen LogP contribution in [-0.4, -0.2) is 22.5 Å². The molecule has 2 aromatic carbocycles. The Balaban J connectivity index is 0.00000166. The molecule has 6 nitrogen and oxygen atoms in total. The highest BCUT2D eigenvalue weighted by molar-refractivity contribution is 5.77. The number of rotatable bonds is 7. The monoisotopic (exact) mass is 425 g/mol. The number of aromatic nitrogens is 1. The van der Waals surface area contributed by atoms with Gasteiger partial charge in [-0.1, -0.05) is 71.9 Å². The van der Waals surface area contributed by atoms with Crippen molar-refractivity contribution in [1.82, 2.24) is 9.99 Å². The van der Waals surface area contributed by atoms with Gasteiger partial charge in [-0.25, -0.2) is 10.8 Å². The molecule has 3 rings (SSSR count). The van der Waals surface area contributed by atoms with E-state index in [0.717, 1.165) is 17.5 Å². The van der Waals surface area contributed by atoms with Crippen LogP contribution in [0.2, 0.25) is 0 Å². The third-order valence-corrected chi connectivity index (χ3v) is 4.82. The predicted octanol–water partition coefficient (Wildman–Crippen LogP) is 5.13. The first-order valence-electron chi connectivity index (χ1n) is 10.9. The summed E-state index contributed by atoms with van der Waals surface area (Å²) < 4.78 is 11.2. The molecule has 0 unspecified atom stereocenters. The number of hydrazine groups is 1. The SMILES string of the molecule is CC.CCc1cccc(CN(N)C(=O)COCc2nc3cc(C(C)(C)C)ccc3o2)c1. The van der Waals surface area contributed by atoms with E-state index in [9.17, 15) is 4.79 Å². The van der Waals surface area contributed by atoms with E-state index in [4.69, 9.17) is 15.0 Å². The molecule has 1 aromatic heterocycles. The lowest BCUT2D eigenvalue weighted by Gasteiger charge is -2.18. The molecule has 168 valence electrons. The second-order valence-electron chi connectivity index (χ2n) is 8.23. The molecular weight excluding hydrogens is 390 g/mol. The normalized spacial score (nSPS) is 11.2. The smallest absolute Gasteiger partial charge is 0.262 e. The molecule has 0 aliphatic carbocycles. The first-order valence-corrected chi connectivity index (χ1v) is 10.9. The molecule has 0 bridgehead atoms. The predicted molar refractivity (Wildman–Crippen MR) is 124 cm³/mol. The van der Waals surface area contributed by atoms with Crippen molar-refractivity contribution in [2.75, 3.05) is 6.61 Å². The second-order valence-corrected chi connectivity index (χ2v) is 8.23. The minimum Gasteiger partial charge on any atom is -0.438 e. The van der Waals surface area contributed by atoms with Crippen molar-refractivity contribution in [3.63, 3.8) is 0 Å². The highest BCUT2D eigenvalue weighted by Gasteiger charge is 2.16. The summed E-state index contributed by atoms with van der Waals surface area (Å²) in [5, 5.41) is 1.18. The number of benzene rings is 2. The van der Waals surface area contributed by atoms with Gasteiger partial charge in [-0.2, -0.15) is 0 Å². The van der Waals surface area contributed by atoms with Crippen molar-refractivity contribution in [2.45, 2.75) is 66.5 Å². The number of aryl methyl sites for hydroxylation is 1. The van der Waals surface area contributed by atoms with Crippen LogP contribution in [0.5, 0.6) is 0 Å². The van der Waals surface area contributed by atoms with Crippen LogP contribution in [0.1, 0.15) is 64.1 Å². The highest BCUT2D eigenvalue weighted by atomic mass is 16.5. The summed E-state index contributed by atoms with van der Waals surface area (Å²) in [5.74, 6) is 6.05. The molecule has 0 atom stereocenters. The Morgan fingerprint density at radius 1 is 1.13 bits per heavy atom. The summed E-state index contributed by atoms with van der Waals surface area (Å²) in [6.07, 6.45) is 0.942. The van der Waals surface area contributed by atoms with Gasteiger partial charge in [0.1, 0.15) is 18.7 Å². The molecule has 2 N–H and O–H groups in total. The lowest BCUT2D eigenvalue weighted by atomic mass is 9.87. The van der Waals surface area contributed by atoms with Gasteiger partial charge in [-0.3, -0.25) is 9.80 Å². The summed E-state index contributed by atoms with van der Waals surface area (Å²) in [5.41, 5.74) is 4.93. The van der Waals surface area contributed by atoms with Crippen molar-refractivity contribution in [2.24, 2.45) is 5.84 Å². The van der Waals surface area contributed by atoms with Crippen molar-refractivity contribution in [3.05, 3.63) is 65.0 Å². The molecule has 0 aliphatic heterocycles. The third-order valence-electron chi connectivity index (χ3n) is 4.82. The Hall–Kier alpha value is -2.70. The Kier molecular flexibility index (Phi) is 8.77. The summed E-state index contributed by atoms with van der Waals surface area (Å²) in [7, 11) is 0. The average Bonchev–Trinajstić information content (AvgIpc) is 3.16. The van der Waals surface area contributed by atoms with Crippen LogP contribution in [0.3, 0.4) is 0 Å². The minimum absolute atomic E-state index is 0.0391. The standard InChI is InChI=1S/C23H29N3O3.C2H6/c1-5-16-7-6-8-17(11-16)13-26(24)22(27)15-28-14-21-25-19-12-18(23(2,3)4)9-10-20(19)29-21;1-2/h6-12H,5,13-15,24H2,1-4H3;1-2H3. The molecule has 1 heterocycles. The Labute approximate surface area is 185 Å². The molecule has 3 aromatic rings. The largest absolute Gasteiger partial charge is 0.438 e. The number of carbonyl (C=O) groups is 1. The minimum atomic E-state index is -0.293. The summed E-state index contributed by atoms with van der Waals surface area (Å²) in [6.45, 7) is 12.9.